The van der Waals surface area contributed by atoms with E-state index in [1.165, 1.54) is 5.56 Å². The Hall–Kier alpha value is -3.46. The molecule has 3 heteroatoms. The summed E-state index contributed by atoms with van der Waals surface area (Å²) in [6, 6.07) is 18.7. The first-order valence-corrected chi connectivity index (χ1v) is 10.3. The zero-order chi connectivity index (χ0) is 23.1. The molecule has 6 rings (SSSR count). The Kier molecular flexibility index (Phi) is 2.91. The fourth-order valence-electron chi connectivity index (χ4n) is 4.89. The maximum atomic E-state index is 8.41. The Morgan fingerprint density at radius 1 is 1.03 bits per heavy atom. The molecule has 3 nitrogen and oxygen atoms in total. The zero-order valence-corrected chi connectivity index (χ0v) is 17.3. The molecule has 0 saturated carbocycles. The van der Waals surface area contributed by atoms with Crippen LogP contribution in [-0.4, -0.2) is 9.55 Å². The average molecular weight is 394 g/mol. The number of aromatic nitrogens is 3. The maximum Gasteiger partial charge on any atom is 0.220 e. The number of rotatable bonds is 1. The highest BCUT2D eigenvalue weighted by Gasteiger charge is 2.28. The molecule has 3 heterocycles. The van der Waals surface area contributed by atoms with E-state index >= 15 is 0 Å². The zero-order valence-electron chi connectivity index (χ0n) is 20.3. The van der Waals surface area contributed by atoms with Crippen molar-refractivity contribution in [1.82, 2.24) is 9.55 Å². The van der Waals surface area contributed by atoms with E-state index in [1.54, 1.807) is 0 Å². The Morgan fingerprint density at radius 3 is 2.77 bits per heavy atom. The summed E-state index contributed by atoms with van der Waals surface area (Å²) in [5.41, 5.74) is 8.17. The van der Waals surface area contributed by atoms with Gasteiger partial charge in [-0.05, 0) is 67.0 Å². The van der Waals surface area contributed by atoms with Crippen molar-refractivity contribution in [3.8, 4) is 16.9 Å². The normalized spacial score (nSPS) is 14.4. The highest BCUT2D eigenvalue weighted by atomic mass is 15.1. The number of hydrogen-bond donors (Lipinski definition) is 0. The van der Waals surface area contributed by atoms with Crippen molar-refractivity contribution in [1.29, 1.82) is 0 Å². The molecule has 0 unspecified atom stereocenters. The van der Waals surface area contributed by atoms with Gasteiger partial charge in [0.25, 0.3) is 0 Å². The highest BCUT2D eigenvalue weighted by molar-refractivity contribution is 5.95. The van der Waals surface area contributed by atoms with Crippen molar-refractivity contribution in [2.24, 2.45) is 7.05 Å². The molecule has 2 aromatic heterocycles. The van der Waals surface area contributed by atoms with Gasteiger partial charge in [-0.25, -0.2) is 9.55 Å². The molecule has 3 aromatic carbocycles. The number of hydrogen-bond acceptors (Lipinski definition) is 1. The molecule has 0 bridgehead atoms. The summed E-state index contributed by atoms with van der Waals surface area (Å²) in [7, 11) is 2.02. The molecule has 1 aliphatic heterocycles. The van der Waals surface area contributed by atoms with Gasteiger partial charge in [-0.1, -0.05) is 29.8 Å². The fraction of sp³-hybridized carbons (Fsp3) is 0.185. The van der Waals surface area contributed by atoms with Gasteiger partial charge < -0.3 is 0 Å². The van der Waals surface area contributed by atoms with Gasteiger partial charge in [0, 0.05) is 16.6 Å². The maximum absolute atomic E-state index is 8.41. The van der Waals surface area contributed by atoms with Crippen LogP contribution >= 0.6 is 0 Å². The molecule has 0 atom stereocenters. The predicted octanol–water partition coefficient (Wildman–Crippen LogP) is 5.50. The van der Waals surface area contributed by atoms with Gasteiger partial charge in [-0.3, -0.25) is 4.57 Å². The standard InChI is InChI=1S/C27H24N3/c1-16-9-10-20-19(13-16)11-12-29(4)27(20)22-14-25-21(17(2)18(22)3)15-26-28-23-7-5-6-8-24(23)30(25)26/h5-14H,15H2,1-4H3/q+1/i2D3. The number of nitrogens with zero attached hydrogens (tertiary/aromatic N) is 3. The quantitative estimate of drug-likeness (QED) is 0.338. The summed E-state index contributed by atoms with van der Waals surface area (Å²) in [6.07, 6.45) is 2.58. The Labute approximate surface area is 180 Å². The molecule has 0 spiro atoms. The third-order valence-corrected chi connectivity index (χ3v) is 6.42. The summed E-state index contributed by atoms with van der Waals surface area (Å²) in [6.45, 7) is 1.82. The van der Waals surface area contributed by atoms with E-state index in [-0.39, 0.29) is 0 Å². The van der Waals surface area contributed by atoms with Crippen LogP contribution in [0.1, 0.15) is 32.2 Å². The summed E-state index contributed by atoms with van der Waals surface area (Å²) >= 11 is 0. The fourth-order valence-corrected chi connectivity index (χ4v) is 4.89. The Bertz CT molecular complexity index is 1610. The molecule has 30 heavy (non-hydrogen) atoms. The van der Waals surface area contributed by atoms with E-state index in [9.17, 15) is 0 Å². The lowest BCUT2D eigenvalue weighted by molar-refractivity contribution is -0.659. The van der Waals surface area contributed by atoms with Gasteiger partial charge in [-0.2, -0.15) is 0 Å². The van der Waals surface area contributed by atoms with E-state index in [1.807, 2.05) is 32.2 Å². The minimum absolute atomic E-state index is 0.452. The molecule has 0 radical (unpaired) electrons. The lowest BCUT2D eigenvalue weighted by Gasteiger charge is -2.15. The van der Waals surface area contributed by atoms with Crippen molar-refractivity contribution in [3.05, 3.63) is 88.9 Å². The summed E-state index contributed by atoms with van der Waals surface area (Å²) in [4.78, 5) is 4.81. The smallest absolute Gasteiger partial charge is 0.220 e. The third-order valence-electron chi connectivity index (χ3n) is 6.42. The second kappa shape index (κ2) is 6.02. The van der Waals surface area contributed by atoms with Crippen LogP contribution in [0.3, 0.4) is 0 Å². The summed E-state index contributed by atoms with van der Waals surface area (Å²) in [5, 5.41) is 2.26. The van der Waals surface area contributed by atoms with Crippen LogP contribution in [0.2, 0.25) is 0 Å². The Morgan fingerprint density at radius 2 is 1.90 bits per heavy atom. The highest BCUT2D eigenvalue weighted by Crippen LogP contribution is 2.40. The van der Waals surface area contributed by atoms with Crippen LogP contribution < -0.4 is 4.57 Å². The van der Waals surface area contributed by atoms with E-state index in [4.69, 9.17) is 9.10 Å². The SMILES string of the molecule is [2H]C([2H])([2H])c1c(C)c(-c2c3ccc(C)cc3cc[n+]2C)cc2c1Cc1nc3ccccc3n1-2. The molecule has 5 aromatic rings. The van der Waals surface area contributed by atoms with E-state index in [0.29, 0.717) is 12.0 Å². The van der Waals surface area contributed by atoms with E-state index in [2.05, 4.69) is 58.7 Å². The predicted molar refractivity (Wildman–Crippen MR) is 122 cm³/mol. The van der Waals surface area contributed by atoms with Crippen LogP contribution in [-0.2, 0) is 13.5 Å². The number of imidazole rings is 1. The number of para-hydroxylation sites is 2. The van der Waals surface area contributed by atoms with Crippen LogP contribution in [0.4, 0.5) is 0 Å². The van der Waals surface area contributed by atoms with Gasteiger partial charge in [0.05, 0.1) is 27.7 Å². The molecule has 0 N–H and O–H groups in total. The monoisotopic (exact) mass is 393 g/mol. The van der Waals surface area contributed by atoms with Crippen LogP contribution in [0.25, 0.3) is 38.8 Å². The minimum atomic E-state index is -2.22. The first kappa shape index (κ1) is 14.5. The lowest BCUT2D eigenvalue weighted by Crippen LogP contribution is -2.31. The van der Waals surface area contributed by atoms with Crippen molar-refractivity contribution < 1.29 is 8.68 Å². The molecule has 0 amide bonds. The summed E-state index contributed by atoms with van der Waals surface area (Å²) in [5.74, 6) is 0.895. The van der Waals surface area contributed by atoms with Crippen LogP contribution in [0, 0.1) is 20.7 Å². The largest absolute Gasteiger partial charge is 0.296 e. The average Bonchev–Trinajstić information content (AvgIpc) is 3.28. The van der Waals surface area contributed by atoms with Gasteiger partial charge in [0.1, 0.15) is 12.9 Å². The lowest BCUT2D eigenvalue weighted by atomic mass is 9.91. The number of pyridine rings is 1. The minimum Gasteiger partial charge on any atom is -0.296 e. The van der Waals surface area contributed by atoms with Gasteiger partial charge in [-0.15, -0.1) is 0 Å². The third kappa shape index (κ3) is 2.26. The molecule has 146 valence electrons. The summed E-state index contributed by atoms with van der Waals surface area (Å²) < 4.78 is 29.5. The second-order valence-electron chi connectivity index (χ2n) is 8.32. The second-order valence-corrected chi connectivity index (χ2v) is 8.32. The first-order valence-electron chi connectivity index (χ1n) is 11.8. The van der Waals surface area contributed by atoms with Crippen molar-refractivity contribution in [3.63, 3.8) is 0 Å². The van der Waals surface area contributed by atoms with Gasteiger partial charge in [0.2, 0.25) is 5.69 Å². The molecular formula is C27H24N3+. The van der Waals surface area contributed by atoms with Gasteiger partial charge in [0.15, 0.2) is 6.20 Å². The van der Waals surface area contributed by atoms with Crippen molar-refractivity contribution in [2.75, 3.05) is 0 Å². The molecule has 1 aliphatic rings. The molecule has 0 saturated heterocycles. The Balaban J connectivity index is 1.74. The van der Waals surface area contributed by atoms with E-state index in [0.717, 1.165) is 55.7 Å². The molecule has 0 aliphatic carbocycles. The molecule has 0 fully saturated rings. The van der Waals surface area contributed by atoms with Gasteiger partial charge >= 0.3 is 0 Å². The number of aryl methyl sites for hydroxylation is 2. The molecular weight excluding hydrogens is 366 g/mol. The van der Waals surface area contributed by atoms with Crippen LogP contribution in [0.5, 0.6) is 0 Å². The number of benzene rings is 3. The van der Waals surface area contributed by atoms with Crippen molar-refractivity contribution in [2.45, 2.75) is 27.1 Å². The van der Waals surface area contributed by atoms with Crippen molar-refractivity contribution >= 4 is 21.8 Å². The van der Waals surface area contributed by atoms with E-state index < -0.39 is 6.85 Å². The topological polar surface area (TPSA) is 21.7 Å². The van der Waals surface area contributed by atoms with Crippen LogP contribution in [0.15, 0.2) is 60.8 Å². The number of fused-ring (bicyclic) bond motifs is 6. The first-order chi connectivity index (χ1) is 15.7.